The molecule has 0 aliphatic rings. The molecule has 1 unspecified atom stereocenters. The first kappa shape index (κ1) is 18.0. The van der Waals surface area contributed by atoms with E-state index in [9.17, 15) is 4.79 Å². The van der Waals surface area contributed by atoms with Crippen molar-refractivity contribution >= 4 is 33.3 Å². The van der Waals surface area contributed by atoms with Gasteiger partial charge < -0.3 is 15.0 Å². The van der Waals surface area contributed by atoms with Gasteiger partial charge in [-0.1, -0.05) is 25.4 Å². The van der Waals surface area contributed by atoms with Crippen LogP contribution in [0.15, 0.2) is 29.2 Å². The van der Waals surface area contributed by atoms with Gasteiger partial charge in [-0.2, -0.15) is 0 Å². The van der Waals surface area contributed by atoms with Crippen molar-refractivity contribution in [3.63, 3.8) is 0 Å². The molecular formula is C22H28ClN3O2. The molecule has 0 aliphatic heterocycles. The number of benzene rings is 1. The molecule has 0 spiro atoms. The van der Waals surface area contributed by atoms with Crippen LogP contribution in [0.5, 0.6) is 5.75 Å². The van der Waals surface area contributed by atoms with E-state index in [1.807, 2.05) is 33.8 Å². The number of aryl methyl sites for hydroxylation is 2. The van der Waals surface area contributed by atoms with E-state index in [1.54, 1.807) is 23.8 Å². The molecule has 1 atom stereocenters. The van der Waals surface area contributed by atoms with Crippen molar-refractivity contribution < 1.29 is 7.48 Å². The number of fused-ring (bicyclic) bond motifs is 3. The molecule has 2 heterocycles. The molecule has 0 saturated carbocycles. The second-order valence-corrected chi connectivity index (χ2v) is 8.30. The molecule has 0 bridgehead atoms. The highest BCUT2D eigenvalue weighted by Crippen LogP contribution is 2.33. The Morgan fingerprint density at radius 2 is 2.07 bits per heavy atom. The second-order valence-electron chi connectivity index (χ2n) is 7.89. The maximum absolute atomic E-state index is 13.2. The number of aromatic nitrogens is 2. The average Bonchev–Trinajstić information content (AvgIpc) is 2.62. The maximum atomic E-state index is 13.2. The molecule has 0 aliphatic carbocycles. The van der Waals surface area contributed by atoms with Gasteiger partial charge in [0.25, 0.3) is 5.56 Å². The van der Waals surface area contributed by atoms with E-state index in [0.717, 1.165) is 16.6 Å². The van der Waals surface area contributed by atoms with Gasteiger partial charge in [0.2, 0.25) is 0 Å². The van der Waals surface area contributed by atoms with Gasteiger partial charge in [-0.15, -0.1) is 0 Å². The fraction of sp³-hybridized carbons (Fsp3) is 0.455. The fourth-order valence-corrected chi connectivity index (χ4v) is 3.96. The summed E-state index contributed by atoms with van der Waals surface area (Å²) in [6.07, 6.45) is 2.12. The van der Waals surface area contributed by atoms with Crippen molar-refractivity contribution in [3.05, 3.63) is 45.5 Å². The van der Waals surface area contributed by atoms with Crippen molar-refractivity contribution in [2.24, 2.45) is 11.7 Å². The van der Waals surface area contributed by atoms with Crippen molar-refractivity contribution in [1.82, 2.24) is 9.55 Å². The van der Waals surface area contributed by atoms with Gasteiger partial charge in [-0.25, -0.2) is 0 Å². The van der Waals surface area contributed by atoms with E-state index in [1.165, 1.54) is 6.07 Å². The average molecular weight is 404 g/mol. The molecule has 3 aromatic rings. The minimum atomic E-state index is -2.18. The molecule has 0 saturated heterocycles. The number of nitrogens with two attached hydrogens (primary N) is 1. The van der Waals surface area contributed by atoms with E-state index in [2.05, 4.69) is 4.98 Å². The highest BCUT2D eigenvalue weighted by Gasteiger charge is 2.22. The molecule has 1 aromatic carbocycles. The first-order valence-corrected chi connectivity index (χ1v) is 9.86. The second kappa shape index (κ2) is 7.72. The molecule has 6 heteroatoms. The topological polar surface area (TPSA) is 70.1 Å². The predicted molar refractivity (Wildman–Crippen MR) is 116 cm³/mol. The van der Waals surface area contributed by atoms with E-state index in [0.29, 0.717) is 23.7 Å². The lowest BCUT2D eigenvalue weighted by Crippen LogP contribution is -2.43. The SMILES string of the molecule is [2H]C([2H])(Oc1cc2c(=O)n(CC)c3c(C)nccc3c2cc1Cl)C(C)(N)CC(C)C. The van der Waals surface area contributed by atoms with Gasteiger partial charge in [-0.05, 0) is 56.7 Å². The molecule has 28 heavy (non-hydrogen) atoms. The van der Waals surface area contributed by atoms with Gasteiger partial charge in [-0.3, -0.25) is 9.78 Å². The van der Waals surface area contributed by atoms with Gasteiger partial charge in [0.15, 0.2) is 0 Å². The Balaban J connectivity index is 2.22. The number of ether oxygens (including phenoxy) is 1. The highest BCUT2D eigenvalue weighted by molar-refractivity contribution is 6.33. The van der Waals surface area contributed by atoms with Crippen LogP contribution in [0.4, 0.5) is 0 Å². The Labute approximate surface area is 173 Å². The zero-order valence-electron chi connectivity index (χ0n) is 19.0. The van der Waals surface area contributed by atoms with Crippen LogP contribution in [-0.2, 0) is 6.54 Å². The van der Waals surface area contributed by atoms with Crippen molar-refractivity contribution in [1.29, 1.82) is 0 Å². The standard InChI is InChI=1S/C22H28ClN3O2/c1-6-26-20-14(4)25-8-7-15(20)16-9-18(23)19(10-17(16)21(26)27)28-12-22(5,24)11-13(2)3/h7-10,13H,6,11-12,24H2,1-5H3/i12D2. The van der Waals surface area contributed by atoms with E-state index >= 15 is 0 Å². The first-order chi connectivity index (χ1) is 13.9. The third-order valence-electron chi connectivity index (χ3n) is 4.76. The predicted octanol–water partition coefficient (Wildman–Crippen LogP) is 4.67. The van der Waals surface area contributed by atoms with Gasteiger partial charge in [0, 0.05) is 23.7 Å². The largest absolute Gasteiger partial charge is 0.490 e. The summed E-state index contributed by atoms with van der Waals surface area (Å²) in [5.74, 6) is 0.283. The molecule has 150 valence electrons. The number of nitrogens with zero attached hydrogens (tertiary/aromatic N) is 2. The molecule has 5 nitrogen and oxygen atoms in total. The minimum absolute atomic E-state index is 0.0967. The van der Waals surface area contributed by atoms with Crippen molar-refractivity contribution in [2.45, 2.75) is 53.1 Å². The molecule has 0 amide bonds. The summed E-state index contributed by atoms with van der Waals surface area (Å²) < 4.78 is 24.2. The number of halogens is 1. The third-order valence-corrected chi connectivity index (χ3v) is 5.05. The highest BCUT2D eigenvalue weighted by atomic mass is 35.5. The summed E-state index contributed by atoms with van der Waals surface area (Å²) in [6, 6.07) is 5.03. The molecule has 0 fully saturated rings. The van der Waals surface area contributed by atoms with Crippen molar-refractivity contribution in [2.75, 3.05) is 6.56 Å². The van der Waals surface area contributed by atoms with Crippen LogP contribution in [0.2, 0.25) is 5.02 Å². The van der Waals surface area contributed by atoms with Gasteiger partial charge >= 0.3 is 0 Å². The van der Waals surface area contributed by atoms with Crippen LogP contribution in [0.1, 0.15) is 42.6 Å². The van der Waals surface area contributed by atoms with Crippen LogP contribution in [0, 0.1) is 12.8 Å². The lowest BCUT2D eigenvalue weighted by molar-refractivity contribution is 0.207. The first-order valence-electron chi connectivity index (χ1n) is 10.5. The molecule has 0 radical (unpaired) electrons. The Hall–Kier alpha value is -2.11. The summed E-state index contributed by atoms with van der Waals surface area (Å²) in [5.41, 5.74) is 6.34. The summed E-state index contributed by atoms with van der Waals surface area (Å²) in [7, 11) is 0. The maximum Gasteiger partial charge on any atom is 0.259 e. The Morgan fingerprint density at radius 1 is 1.36 bits per heavy atom. The zero-order chi connectivity index (χ0) is 22.4. The van der Waals surface area contributed by atoms with Crippen LogP contribution in [0.25, 0.3) is 21.7 Å². The third kappa shape index (κ3) is 3.87. The minimum Gasteiger partial charge on any atom is -0.490 e. The summed E-state index contributed by atoms with van der Waals surface area (Å²) >= 11 is 6.47. The number of hydrogen-bond donors (Lipinski definition) is 1. The lowest BCUT2D eigenvalue weighted by atomic mass is 9.93. The number of pyridine rings is 2. The smallest absolute Gasteiger partial charge is 0.259 e. The Kier molecular flexibility index (Phi) is 4.95. The molecular weight excluding hydrogens is 374 g/mol. The summed E-state index contributed by atoms with van der Waals surface area (Å²) in [4.78, 5) is 17.5. The van der Waals surface area contributed by atoms with Crippen LogP contribution >= 0.6 is 11.6 Å². The zero-order valence-corrected chi connectivity index (χ0v) is 17.7. The van der Waals surface area contributed by atoms with E-state index in [4.69, 9.17) is 24.8 Å². The Morgan fingerprint density at radius 3 is 2.71 bits per heavy atom. The lowest BCUT2D eigenvalue weighted by Gasteiger charge is -2.27. The van der Waals surface area contributed by atoms with Gasteiger partial charge in [0.05, 0.1) is 24.4 Å². The van der Waals surface area contributed by atoms with Gasteiger partial charge in [0.1, 0.15) is 12.3 Å². The number of rotatable bonds is 6. The van der Waals surface area contributed by atoms with Crippen LogP contribution in [-0.4, -0.2) is 21.6 Å². The summed E-state index contributed by atoms with van der Waals surface area (Å²) in [6.45, 7) is 7.62. The monoisotopic (exact) mass is 403 g/mol. The number of hydrogen-bond acceptors (Lipinski definition) is 4. The fourth-order valence-electron chi connectivity index (χ4n) is 3.76. The Bertz CT molecular complexity index is 1170. The molecule has 3 rings (SSSR count). The normalized spacial score (nSPS) is 15.6. The molecule has 2 aromatic heterocycles. The molecule has 2 N–H and O–H groups in total. The van der Waals surface area contributed by atoms with Crippen molar-refractivity contribution in [3.8, 4) is 5.75 Å². The quantitative estimate of drug-likeness (QED) is 0.607. The van der Waals surface area contributed by atoms with Crippen LogP contribution in [0.3, 0.4) is 0 Å². The summed E-state index contributed by atoms with van der Waals surface area (Å²) in [5, 5.41) is 2.17. The van der Waals surface area contributed by atoms with E-state index in [-0.39, 0.29) is 22.2 Å². The van der Waals surface area contributed by atoms with Crippen LogP contribution < -0.4 is 16.0 Å². The van der Waals surface area contributed by atoms with E-state index < -0.39 is 12.1 Å².